The molecule has 1 aromatic heterocycles. The fourth-order valence-corrected chi connectivity index (χ4v) is 2.55. The van der Waals surface area contributed by atoms with E-state index in [-0.39, 0.29) is 0 Å². The van der Waals surface area contributed by atoms with Crippen LogP contribution in [-0.4, -0.2) is 36.3 Å². The van der Waals surface area contributed by atoms with E-state index in [0.717, 1.165) is 55.3 Å². The fourth-order valence-electron chi connectivity index (χ4n) is 2.07. The first-order chi connectivity index (χ1) is 9.31. The van der Waals surface area contributed by atoms with Gasteiger partial charge in [0, 0.05) is 26.3 Å². The zero-order chi connectivity index (χ0) is 13.5. The number of hydrogen-bond donors (Lipinski definition) is 2. The minimum absolute atomic E-state index is 0.686. The van der Waals surface area contributed by atoms with E-state index >= 15 is 0 Å². The van der Waals surface area contributed by atoms with Crippen LogP contribution in [-0.2, 0) is 4.74 Å². The number of ether oxygens (including phenoxy) is 1. The zero-order valence-electron chi connectivity index (χ0n) is 11.3. The molecule has 2 heterocycles. The van der Waals surface area contributed by atoms with E-state index in [1.165, 1.54) is 6.42 Å². The summed E-state index contributed by atoms with van der Waals surface area (Å²) in [5, 5.41) is 6.64. The third-order valence-corrected chi connectivity index (χ3v) is 3.95. The third kappa shape index (κ3) is 4.31. The van der Waals surface area contributed by atoms with Crippen molar-refractivity contribution in [3.63, 3.8) is 0 Å². The van der Waals surface area contributed by atoms with Gasteiger partial charge >= 0.3 is 0 Å². The molecule has 0 bridgehead atoms. The van der Waals surface area contributed by atoms with Crippen LogP contribution in [0.1, 0.15) is 26.2 Å². The van der Waals surface area contributed by atoms with Gasteiger partial charge in [0.05, 0.1) is 0 Å². The molecule has 1 aromatic rings. The molecule has 2 rings (SSSR count). The maximum Gasteiger partial charge on any atom is 0.145 e. The predicted octanol–water partition coefficient (Wildman–Crippen LogP) is 2.90. The van der Waals surface area contributed by atoms with Crippen LogP contribution >= 0.6 is 15.9 Å². The Morgan fingerprint density at radius 3 is 2.68 bits per heavy atom. The molecule has 1 unspecified atom stereocenters. The standard InChI is InChI=1S/C13H21BrN4O/c1-2-5-15-12-11(14)13(18-9-17-12)16-6-3-10-4-7-19-8-10/h9-10H,2-8H2,1H3,(H2,15,16,17,18). The number of anilines is 2. The lowest BCUT2D eigenvalue weighted by molar-refractivity contribution is 0.185. The maximum absolute atomic E-state index is 5.37. The summed E-state index contributed by atoms with van der Waals surface area (Å²) in [7, 11) is 0. The monoisotopic (exact) mass is 328 g/mol. The molecule has 0 aliphatic carbocycles. The normalized spacial score (nSPS) is 18.5. The molecule has 1 fully saturated rings. The first-order valence-corrected chi connectivity index (χ1v) is 7.66. The van der Waals surface area contributed by atoms with Gasteiger partial charge in [-0.15, -0.1) is 0 Å². The van der Waals surface area contributed by atoms with Crippen LogP contribution in [0.15, 0.2) is 10.8 Å². The maximum atomic E-state index is 5.37. The van der Waals surface area contributed by atoms with Crippen LogP contribution in [0, 0.1) is 5.92 Å². The van der Waals surface area contributed by atoms with E-state index in [1.54, 1.807) is 6.33 Å². The van der Waals surface area contributed by atoms with E-state index in [1.807, 2.05) is 0 Å². The average Bonchev–Trinajstić information content (AvgIpc) is 2.92. The highest BCUT2D eigenvalue weighted by molar-refractivity contribution is 9.10. The van der Waals surface area contributed by atoms with Crippen molar-refractivity contribution in [2.24, 2.45) is 5.92 Å². The van der Waals surface area contributed by atoms with Crippen LogP contribution in [0.25, 0.3) is 0 Å². The Bertz CT molecular complexity index is 396. The smallest absolute Gasteiger partial charge is 0.145 e. The highest BCUT2D eigenvalue weighted by atomic mass is 79.9. The van der Waals surface area contributed by atoms with Crippen LogP contribution in [0.5, 0.6) is 0 Å². The average molecular weight is 329 g/mol. The Kier molecular flexibility index (Phi) is 5.85. The molecule has 2 N–H and O–H groups in total. The topological polar surface area (TPSA) is 59.1 Å². The molecule has 106 valence electrons. The van der Waals surface area contributed by atoms with Gasteiger partial charge in [0.1, 0.15) is 22.4 Å². The second-order valence-corrected chi connectivity index (χ2v) is 5.55. The number of halogens is 1. The summed E-state index contributed by atoms with van der Waals surface area (Å²) in [5.41, 5.74) is 0. The fraction of sp³-hybridized carbons (Fsp3) is 0.692. The van der Waals surface area contributed by atoms with Crippen LogP contribution in [0.2, 0.25) is 0 Å². The van der Waals surface area contributed by atoms with Gasteiger partial charge < -0.3 is 15.4 Å². The van der Waals surface area contributed by atoms with Crippen molar-refractivity contribution in [1.82, 2.24) is 9.97 Å². The molecular formula is C13H21BrN4O. The van der Waals surface area contributed by atoms with Gasteiger partial charge in [-0.3, -0.25) is 0 Å². The Hall–Kier alpha value is -0.880. The lowest BCUT2D eigenvalue weighted by Crippen LogP contribution is -2.11. The van der Waals surface area contributed by atoms with Crippen molar-refractivity contribution in [3.8, 4) is 0 Å². The summed E-state index contributed by atoms with van der Waals surface area (Å²) < 4.78 is 6.28. The number of aromatic nitrogens is 2. The number of hydrogen-bond acceptors (Lipinski definition) is 5. The van der Waals surface area contributed by atoms with Gasteiger partial charge in [0.15, 0.2) is 0 Å². The zero-order valence-corrected chi connectivity index (χ0v) is 12.9. The Labute approximate surface area is 122 Å². The van der Waals surface area contributed by atoms with Crippen molar-refractivity contribution in [2.75, 3.05) is 36.9 Å². The third-order valence-electron chi connectivity index (χ3n) is 3.20. The Morgan fingerprint density at radius 2 is 2.05 bits per heavy atom. The highest BCUT2D eigenvalue weighted by Crippen LogP contribution is 2.26. The molecule has 0 saturated carbocycles. The first kappa shape index (κ1) is 14.5. The molecule has 0 radical (unpaired) electrons. The predicted molar refractivity (Wildman–Crippen MR) is 80.5 cm³/mol. The summed E-state index contributed by atoms with van der Waals surface area (Å²) in [6.45, 7) is 5.76. The van der Waals surface area contributed by atoms with Gasteiger partial charge in [0.2, 0.25) is 0 Å². The molecule has 6 heteroatoms. The van der Waals surface area contributed by atoms with Crippen molar-refractivity contribution in [1.29, 1.82) is 0 Å². The SMILES string of the molecule is CCCNc1ncnc(NCCC2CCOC2)c1Br. The summed E-state index contributed by atoms with van der Waals surface area (Å²) in [6, 6.07) is 0. The van der Waals surface area contributed by atoms with Gasteiger partial charge in [-0.1, -0.05) is 6.92 Å². The van der Waals surface area contributed by atoms with Gasteiger partial charge in [-0.2, -0.15) is 0 Å². The molecule has 19 heavy (non-hydrogen) atoms. The van der Waals surface area contributed by atoms with Crippen LogP contribution in [0.4, 0.5) is 11.6 Å². The van der Waals surface area contributed by atoms with E-state index in [9.17, 15) is 0 Å². The van der Waals surface area contributed by atoms with Crippen molar-refractivity contribution in [3.05, 3.63) is 10.8 Å². The van der Waals surface area contributed by atoms with Gasteiger partial charge in [-0.05, 0) is 41.1 Å². The number of nitrogens with one attached hydrogen (secondary N) is 2. The molecular weight excluding hydrogens is 308 g/mol. The lowest BCUT2D eigenvalue weighted by atomic mass is 10.1. The largest absolute Gasteiger partial charge is 0.381 e. The number of rotatable bonds is 7. The second kappa shape index (κ2) is 7.65. The summed E-state index contributed by atoms with van der Waals surface area (Å²) in [6.07, 6.45) is 4.95. The molecule has 0 amide bonds. The molecule has 1 aliphatic heterocycles. The van der Waals surface area contributed by atoms with Crippen LogP contribution in [0.3, 0.4) is 0 Å². The molecule has 1 aliphatic rings. The van der Waals surface area contributed by atoms with Crippen molar-refractivity contribution >= 4 is 27.6 Å². The summed E-state index contributed by atoms with van der Waals surface area (Å²) in [5.74, 6) is 2.39. The first-order valence-electron chi connectivity index (χ1n) is 6.87. The summed E-state index contributed by atoms with van der Waals surface area (Å²) >= 11 is 3.55. The van der Waals surface area contributed by atoms with E-state index < -0.39 is 0 Å². The van der Waals surface area contributed by atoms with E-state index in [0.29, 0.717) is 5.92 Å². The summed E-state index contributed by atoms with van der Waals surface area (Å²) in [4.78, 5) is 8.50. The second-order valence-electron chi connectivity index (χ2n) is 4.76. The van der Waals surface area contributed by atoms with Crippen LogP contribution < -0.4 is 10.6 Å². The minimum Gasteiger partial charge on any atom is -0.381 e. The molecule has 0 aromatic carbocycles. The molecule has 0 spiro atoms. The number of nitrogens with zero attached hydrogens (tertiary/aromatic N) is 2. The molecule has 1 atom stereocenters. The van der Waals surface area contributed by atoms with Gasteiger partial charge in [-0.25, -0.2) is 9.97 Å². The Balaban J connectivity index is 1.84. The molecule has 1 saturated heterocycles. The lowest BCUT2D eigenvalue weighted by Gasteiger charge is -2.12. The van der Waals surface area contributed by atoms with E-state index in [4.69, 9.17) is 4.74 Å². The van der Waals surface area contributed by atoms with Gasteiger partial charge in [0.25, 0.3) is 0 Å². The van der Waals surface area contributed by atoms with Crippen molar-refractivity contribution in [2.45, 2.75) is 26.2 Å². The molecule has 5 nitrogen and oxygen atoms in total. The minimum atomic E-state index is 0.686. The highest BCUT2D eigenvalue weighted by Gasteiger charge is 2.15. The van der Waals surface area contributed by atoms with E-state index in [2.05, 4.69) is 43.5 Å². The van der Waals surface area contributed by atoms with Crippen molar-refractivity contribution < 1.29 is 4.74 Å². The Morgan fingerprint density at radius 1 is 1.32 bits per heavy atom. The quantitative estimate of drug-likeness (QED) is 0.805.